The van der Waals surface area contributed by atoms with E-state index in [4.69, 9.17) is 0 Å². The zero-order valence-electron chi connectivity index (χ0n) is 17.4. The van der Waals surface area contributed by atoms with Crippen LogP contribution in [0.4, 0.5) is 5.69 Å². The van der Waals surface area contributed by atoms with Crippen molar-refractivity contribution in [3.05, 3.63) is 90.5 Å². The molecule has 1 saturated heterocycles. The molecule has 3 aromatic carbocycles. The lowest BCUT2D eigenvalue weighted by Gasteiger charge is -2.49. The molecule has 1 aliphatic heterocycles. The molecule has 0 saturated carbocycles. The van der Waals surface area contributed by atoms with Crippen LogP contribution in [0.5, 0.6) is 0 Å². The largest absolute Gasteiger partial charge is 0.480 e. The summed E-state index contributed by atoms with van der Waals surface area (Å²) in [5.41, 5.74) is 4.56. The highest BCUT2D eigenvalue weighted by atomic mass is 16.4. The maximum absolute atomic E-state index is 11.5. The fourth-order valence-corrected chi connectivity index (χ4v) is 4.47. The molecule has 4 heteroatoms. The molecule has 154 valence electrons. The number of carboxylic acid groups (broad SMARTS) is 1. The third-order valence-electron chi connectivity index (χ3n) is 6.01. The van der Waals surface area contributed by atoms with Gasteiger partial charge in [0.25, 0.3) is 0 Å². The second-order valence-corrected chi connectivity index (χ2v) is 8.31. The number of piperazine rings is 1. The number of aliphatic carboxylic acids is 1. The van der Waals surface area contributed by atoms with Crippen molar-refractivity contribution < 1.29 is 9.90 Å². The number of hydrogen-bond acceptors (Lipinski definition) is 3. The van der Waals surface area contributed by atoms with Gasteiger partial charge in [-0.15, -0.1) is 0 Å². The summed E-state index contributed by atoms with van der Waals surface area (Å²) in [5, 5.41) is 9.45. The van der Waals surface area contributed by atoms with Gasteiger partial charge in [0, 0.05) is 30.9 Å². The zero-order valence-corrected chi connectivity index (χ0v) is 17.4. The van der Waals surface area contributed by atoms with Crippen molar-refractivity contribution >= 4 is 11.7 Å². The lowest BCUT2D eigenvalue weighted by molar-refractivity contribution is -0.140. The average Bonchev–Trinajstić information content (AvgIpc) is 2.76. The second kappa shape index (κ2) is 8.72. The molecule has 0 amide bonds. The van der Waals surface area contributed by atoms with Gasteiger partial charge in [-0.05, 0) is 42.2 Å². The first-order valence-corrected chi connectivity index (χ1v) is 10.4. The molecule has 1 aliphatic rings. The zero-order chi connectivity index (χ0) is 21.0. The van der Waals surface area contributed by atoms with E-state index in [2.05, 4.69) is 77.4 Å². The molecule has 1 heterocycles. The van der Waals surface area contributed by atoms with Gasteiger partial charge < -0.3 is 10.0 Å². The lowest BCUT2D eigenvalue weighted by Crippen LogP contribution is -2.63. The van der Waals surface area contributed by atoms with E-state index < -0.39 is 5.97 Å². The van der Waals surface area contributed by atoms with E-state index >= 15 is 0 Å². The molecular formula is C26H28N2O2. The monoisotopic (exact) mass is 400 g/mol. The number of carboxylic acids is 1. The summed E-state index contributed by atoms with van der Waals surface area (Å²) in [6.07, 6.45) is 0.815. The van der Waals surface area contributed by atoms with E-state index in [1.807, 2.05) is 24.3 Å². The van der Waals surface area contributed by atoms with Crippen molar-refractivity contribution in [1.82, 2.24) is 4.90 Å². The normalized spacial score (nSPS) is 19.6. The van der Waals surface area contributed by atoms with E-state index in [0.29, 0.717) is 0 Å². The van der Waals surface area contributed by atoms with Crippen molar-refractivity contribution in [2.45, 2.75) is 18.9 Å². The highest BCUT2D eigenvalue weighted by Crippen LogP contribution is 2.31. The predicted octanol–water partition coefficient (Wildman–Crippen LogP) is 4.56. The molecule has 0 aliphatic carbocycles. The van der Waals surface area contributed by atoms with E-state index in [-0.39, 0.29) is 12.1 Å². The Hall–Kier alpha value is -3.11. The molecule has 1 atom stereocenters. The summed E-state index contributed by atoms with van der Waals surface area (Å²) in [4.78, 5) is 16.0. The molecule has 4 rings (SSSR count). The number of hydrogen-bond donors (Lipinski definition) is 1. The Morgan fingerprint density at radius 2 is 1.57 bits per heavy atom. The Morgan fingerprint density at radius 3 is 2.27 bits per heavy atom. The fraction of sp³-hybridized carbons (Fsp3) is 0.269. The van der Waals surface area contributed by atoms with Gasteiger partial charge in [0.15, 0.2) is 0 Å². The third kappa shape index (κ3) is 4.55. The summed E-state index contributed by atoms with van der Waals surface area (Å²) in [6, 6.07) is 29.4. The molecule has 30 heavy (non-hydrogen) atoms. The highest BCUT2D eigenvalue weighted by molar-refractivity contribution is 5.70. The fourth-order valence-electron chi connectivity index (χ4n) is 4.47. The SMILES string of the molecule is C[C@@]1(Cc2ccccc2)CN(c2cccc(-c3ccccc3)c2)CCN1CC(=O)O. The van der Waals surface area contributed by atoms with Crippen LogP contribution >= 0.6 is 0 Å². The molecule has 1 N–H and O–H groups in total. The third-order valence-corrected chi connectivity index (χ3v) is 6.01. The van der Waals surface area contributed by atoms with Gasteiger partial charge in [0.1, 0.15) is 0 Å². The van der Waals surface area contributed by atoms with Crippen LogP contribution in [0.3, 0.4) is 0 Å². The maximum atomic E-state index is 11.5. The lowest BCUT2D eigenvalue weighted by atomic mass is 9.88. The van der Waals surface area contributed by atoms with Crippen LogP contribution in [0.15, 0.2) is 84.9 Å². The number of anilines is 1. The quantitative estimate of drug-likeness (QED) is 0.659. The summed E-state index contributed by atoms with van der Waals surface area (Å²) in [5.74, 6) is -0.770. The minimum absolute atomic E-state index is 0.0707. The van der Waals surface area contributed by atoms with Crippen molar-refractivity contribution in [1.29, 1.82) is 0 Å². The van der Waals surface area contributed by atoms with Gasteiger partial charge in [-0.2, -0.15) is 0 Å². The Morgan fingerprint density at radius 1 is 0.900 bits per heavy atom. The van der Waals surface area contributed by atoms with Gasteiger partial charge in [-0.1, -0.05) is 72.8 Å². The van der Waals surface area contributed by atoms with Crippen molar-refractivity contribution in [3.63, 3.8) is 0 Å². The molecule has 4 nitrogen and oxygen atoms in total. The summed E-state index contributed by atoms with van der Waals surface area (Å²) < 4.78 is 0. The van der Waals surface area contributed by atoms with Crippen LogP contribution in [0.2, 0.25) is 0 Å². The van der Waals surface area contributed by atoms with Gasteiger partial charge in [0.2, 0.25) is 0 Å². The minimum Gasteiger partial charge on any atom is -0.480 e. The summed E-state index contributed by atoms with van der Waals surface area (Å²) >= 11 is 0. The topological polar surface area (TPSA) is 43.8 Å². The first-order chi connectivity index (χ1) is 14.5. The van der Waals surface area contributed by atoms with Crippen molar-refractivity contribution in [2.24, 2.45) is 0 Å². The maximum Gasteiger partial charge on any atom is 0.317 e. The van der Waals surface area contributed by atoms with Crippen LogP contribution in [0.1, 0.15) is 12.5 Å². The van der Waals surface area contributed by atoms with Crippen molar-refractivity contribution in [2.75, 3.05) is 31.1 Å². The number of nitrogens with zero attached hydrogens (tertiary/aromatic N) is 2. The molecular weight excluding hydrogens is 372 g/mol. The van der Waals surface area contributed by atoms with Crippen LogP contribution in [0, 0.1) is 0 Å². The second-order valence-electron chi connectivity index (χ2n) is 8.31. The van der Waals surface area contributed by atoms with Crippen LogP contribution < -0.4 is 4.90 Å². The van der Waals surface area contributed by atoms with Crippen LogP contribution in [0.25, 0.3) is 11.1 Å². The van der Waals surface area contributed by atoms with Gasteiger partial charge in [-0.25, -0.2) is 0 Å². The molecule has 1 fully saturated rings. The molecule has 3 aromatic rings. The Kier molecular flexibility index (Phi) is 5.86. The minimum atomic E-state index is -0.770. The molecule has 0 bridgehead atoms. The van der Waals surface area contributed by atoms with Gasteiger partial charge >= 0.3 is 5.97 Å². The smallest absolute Gasteiger partial charge is 0.317 e. The summed E-state index contributed by atoms with van der Waals surface area (Å²) in [7, 11) is 0. The van der Waals surface area contributed by atoms with E-state index in [0.717, 1.165) is 26.1 Å². The van der Waals surface area contributed by atoms with Gasteiger partial charge in [0.05, 0.1) is 6.54 Å². The van der Waals surface area contributed by atoms with Crippen molar-refractivity contribution in [3.8, 4) is 11.1 Å². The van der Waals surface area contributed by atoms with E-state index in [9.17, 15) is 9.90 Å². The number of rotatable bonds is 6. The molecule has 0 unspecified atom stereocenters. The Balaban J connectivity index is 1.61. The standard InChI is InChI=1S/C26H28N2O2/c1-26(18-21-9-4-2-5-10-21)20-27(15-16-28(26)19-25(29)30)24-14-8-13-23(17-24)22-11-6-3-7-12-22/h2-14,17H,15-16,18-20H2,1H3,(H,29,30)/t26-/m1/s1. The summed E-state index contributed by atoms with van der Waals surface area (Å²) in [6.45, 7) is 4.59. The van der Waals surface area contributed by atoms with Crippen LogP contribution in [-0.4, -0.2) is 47.7 Å². The Labute approximate surface area is 178 Å². The van der Waals surface area contributed by atoms with E-state index in [1.165, 1.54) is 22.4 Å². The first kappa shape index (κ1) is 20.2. The van der Waals surface area contributed by atoms with E-state index in [1.54, 1.807) is 0 Å². The number of benzene rings is 3. The van der Waals surface area contributed by atoms with Crippen LogP contribution in [-0.2, 0) is 11.2 Å². The number of carbonyl (C=O) groups is 1. The van der Waals surface area contributed by atoms with Gasteiger partial charge in [-0.3, -0.25) is 9.69 Å². The average molecular weight is 401 g/mol. The first-order valence-electron chi connectivity index (χ1n) is 10.4. The Bertz CT molecular complexity index is 990. The predicted molar refractivity (Wildman–Crippen MR) is 122 cm³/mol. The molecule has 0 aromatic heterocycles. The molecule has 0 spiro atoms. The highest BCUT2D eigenvalue weighted by Gasteiger charge is 2.38. The molecule has 0 radical (unpaired) electrons.